The van der Waals surface area contributed by atoms with Crippen LogP contribution in [0.15, 0.2) is 35.5 Å². The summed E-state index contributed by atoms with van der Waals surface area (Å²) < 4.78 is 26.7. The molecule has 0 aliphatic rings. The molecule has 0 atom stereocenters. The minimum absolute atomic E-state index is 0.245. The lowest BCUT2D eigenvalue weighted by atomic mass is 10.3. The van der Waals surface area contributed by atoms with E-state index in [1.54, 1.807) is 37.5 Å². The van der Waals surface area contributed by atoms with Crippen LogP contribution in [-0.2, 0) is 16.6 Å². The van der Waals surface area contributed by atoms with Gasteiger partial charge in [0.1, 0.15) is 4.90 Å². The van der Waals surface area contributed by atoms with Crippen molar-refractivity contribution in [1.82, 2.24) is 14.7 Å². The number of H-pyrrole nitrogens is 1. The number of benzene rings is 1. The number of anilines is 1. The normalized spacial score (nSPS) is 11.5. The second kappa shape index (κ2) is 6.06. The van der Waals surface area contributed by atoms with E-state index < -0.39 is 10.0 Å². The second-order valence-corrected chi connectivity index (χ2v) is 6.06. The zero-order chi connectivity index (χ0) is 14.6. The van der Waals surface area contributed by atoms with Crippen LogP contribution in [0.2, 0.25) is 0 Å². The highest BCUT2D eigenvalue weighted by atomic mass is 32.2. The smallest absolute Gasteiger partial charge is 0.242 e. The van der Waals surface area contributed by atoms with E-state index in [1.165, 1.54) is 0 Å². The Bertz CT molecular complexity index is 679. The first-order chi connectivity index (χ1) is 9.54. The molecule has 0 unspecified atom stereocenters. The maximum absolute atomic E-state index is 12.1. The summed E-state index contributed by atoms with van der Waals surface area (Å²) in [5.41, 5.74) is 2.39. The lowest BCUT2D eigenvalue weighted by Gasteiger charge is -2.12. The molecule has 7 heteroatoms. The molecule has 0 aliphatic heterocycles. The Morgan fingerprint density at radius 3 is 2.70 bits per heavy atom. The predicted molar refractivity (Wildman–Crippen MR) is 78.0 cm³/mol. The summed E-state index contributed by atoms with van der Waals surface area (Å²) in [6.45, 7) is 4.50. The topological polar surface area (TPSA) is 86.9 Å². The van der Waals surface area contributed by atoms with Crippen molar-refractivity contribution in [3.05, 3.63) is 42.0 Å². The number of para-hydroxylation sites is 1. The minimum Gasteiger partial charge on any atom is -0.378 e. The summed E-state index contributed by atoms with van der Waals surface area (Å²) in [4.78, 5) is 7.41. The van der Waals surface area contributed by atoms with E-state index in [9.17, 15) is 8.42 Å². The molecule has 0 bridgehead atoms. The van der Waals surface area contributed by atoms with E-state index in [4.69, 9.17) is 0 Å². The Morgan fingerprint density at radius 1 is 1.30 bits per heavy atom. The quantitative estimate of drug-likeness (QED) is 0.755. The maximum Gasteiger partial charge on any atom is 0.242 e. The van der Waals surface area contributed by atoms with Crippen LogP contribution in [-0.4, -0.2) is 24.9 Å². The number of hydrogen-bond donors (Lipinski definition) is 3. The number of aromatic nitrogens is 2. The number of sulfonamides is 1. The molecule has 0 saturated carbocycles. The van der Waals surface area contributed by atoms with Gasteiger partial charge in [-0.1, -0.05) is 19.1 Å². The molecule has 0 saturated heterocycles. The molecule has 0 radical (unpaired) electrons. The van der Waals surface area contributed by atoms with Gasteiger partial charge in [-0.15, -0.1) is 0 Å². The molecule has 0 amide bonds. The third kappa shape index (κ3) is 3.17. The minimum atomic E-state index is -3.48. The molecule has 3 N–H and O–H groups in total. The average Bonchev–Trinajstić information content (AvgIpc) is 2.82. The fraction of sp³-hybridized carbons (Fsp3) is 0.308. The third-order valence-electron chi connectivity index (χ3n) is 2.89. The highest BCUT2D eigenvalue weighted by Gasteiger charge is 2.17. The zero-order valence-electron chi connectivity index (χ0n) is 11.5. The van der Waals surface area contributed by atoms with Crippen LogP contribution in [0.3, 0.4) is 0 Å². The molecule has 1 aromatic heterocycles. The Labute approximate surface area is 118 Å². The molecular weight excluding hydrogens is 276 g/mol. The van der Waals surface area contributed by atoms with E-state index in [-0.39, 0.29) is 4.90 Å². The van der Waals surface area contributed by atoms with Crippen LogP contribution < -0.4 is 10.0 Å². The van der Waals surface area contributed by atoms with Gasteiger partial charge >= 0.3 is 0 Å². The van der Waals surface area contributed by atoms with E-state index in [1.807, 2.05) is 6.92 Å². The first kappa shape index (κ1) is 14.5. The van der Waals surface area contributed by atoms with Crippen molar-refractivity contribution in [3.63, 3.8) is 0 Å². The first-order valence-corrected chi connectivity index (χ1v) is 7.84. The molecule has 1 aromatic carbocycles. The van der Waals surface area contributed by atoms with Crippen molar-refractivity contribution in [3.8, 4) is 0 Å². The molecule has 0 fully saturated rings. The standard InChI is InChI=1S/C13H18N4O2S/c1-3-17-20(18,19)13-7-5-4-6-11(13)14-8-12-10(2)15-9-16-12/h4-7,9,14,17H,3,8H2,1-2H3,(H,15,16). The Kier molecular flexibility index (Phi) is 4.41. The molecule has 6 nitrogen and oxygen atoms in total. The van der Waals surface area contributed by atoms with Gasteiger partial charge < -0.3 is 10.3 Å². The highest BCUT2D eigenvalue weighted by Crippen LogP contribution is 2.21. The highest BCUT2D eigenvalue weighted by molar-refractivity contribution is 7.89. The van der Waals surface area contributed by atoms with Gasteiger partial charge in [-0.2, -0.15) is 0 Å². The summed E-state index contributed by atoms with van der Waals surface area (Å²) in [5, 5.41) is 3.12. The van der Waals surface area contributed by atoms with Crippen molar-refractivity contribution < 1.29 is 8.42 Å². The molecular formula is C13H18N4O2S. The van der Waals surface area contributed by atoms with Crippen molar-refractivity contribution in [1.29, 1.82) is 0 Å². The molecule has 108 valence electrons. The number of nitrogens with one attached hydrogen (secondary N) is 3. The van der Waals surface area contributed by atoms with Crippen molar-refractivity contribution >= 4 is 15.7 Å². The van der Waals surface area contributed by atoms with Crippen LogP contribution in [0.25, 0.3) is 0 Å². The van der Waals surface area contributed by atoms with Gasteiger partial charge in [0, 0.05) is 12.2 Å². The summed E-state index contributed by atoms with van der Waals surface area (Å²) in [6.07, 6.45) is 1.62. The van der Waals surface area contributed by atoms with Gasteiger partial charge in [0.15, 0.2) is 0 Å². The second-order valence-electron chi connectivity index (χ2n) is 4.33. The van der Waals surface area contributed by atoms with Crippen LogP contribution in [0, 0.1) is 6.92 Å². The third-order valence-corrected chi connectivity index (χ3v) is 4.50. The zero-order valence-corrected chi connectivity index (χ0v) is 12.3. The molecule has 2 aromatic rings. The molecule has 1 heterocycles. The SMILES string of the molecule is CCNS(=O)(=O)c1ccccc1NCc1nc[nH]c1C. The average molecular weight is 294 g/mol. The largest absolute Gasteiger partial charge is 0.378 e. The number of aromatic amines is 1. The Balaban J connectivity index is 2.23. The van der Waals surface area contributed by atoms with Crippen molar-refractivity contribution in [2.45, 2.75) is 25.3 Å². The van der Waals surface area contributed by atoms with Crippen LogP contribution >= 0.6 is 0 Å². The van der Waals surface area contributed by atoms with E-state index in [0.29, 0.717) is 18.8 Å². The van der Waals surface area contributed by atoms with E-state index >= 15 is 0 Å². The molecule has 2 rings (SSSR count). The number of aryl methyl sites for hydroxylation is 1. The van der Waals surface area contributed by atoms with Crippen LogP contribution in [0.5, 0.6) is 0 Å². The summed E-state index contributed by atoms with van der Waals surface area (Å²) in [6, 6.07) is 6.82. The van der Waals surface area contributed by atoms with E-state index in [2.05, 4.69) is 20.0 Å². The lowest BCUT2D eigenvalue weighted by molar-refractivity contribution is 0.584. The fourth-order valence-electron chi connectivity index (χ4n) is 1.86. The maximum atomic E-state index is 12.1. The number of rotatable bonds is 6. The molecule has 0 spiro atoms. The van der Waals surface area contributed by atoms with Gasteiger partial charge in [0.2, 0.25) is 10.0 Å². The van der Waals surface area contributed by atoms with Crippen molar-refractivity contribution in [2.75, 3.05) is 11.9 Å². The van der Waals surface area contributed by atoms with Gasteiger partial charge in [0.05, 0.1) is 24.3 Å². The van der Waals surface area contributed by atoms with Crippen LogP contribution in [0.1, 0.15) is 18.3 Å². The summed E-state index contributed by atoms with van der Waals surface area (Å²) >= 11 is 0. The first-order valence-electron chi connectivity index (χ1n) is 6.36. The summed E-state index contributed by atoms with van der Waals surface area (Å²) in [7, 11) is -3.48. The van der Waals surface area contributed by atoms with Crippen molar-refractivity contribution in [2.24, 2.45) is 0 Å². The Hall–Kier alpha value is -1.86. The molecule has 0 aliphatic carbocycles. The van der Waals surface area contributed by atoms with Gasteiger partial charge in [-0.05, 0) is 19.1 Å². The van der Waals surface area contributed by atoms with Gasteiger partial charge in [-0.3, -0.25) is 0 Å². The lowest BCUT2D eigenvalue weighted by Crippen LogP contribution is -2.24. The summed E-state index contributed by atoms with van der Waals surface area (Å²) in [5.74, 6) is 0. The fourth-order valence-corrected chi connectivity index (χ4v) is 3.08. The number of hydrogen-bond acceptors (Lipinski definition) is 4. The van der Waals surface area contributed by atoms with Crippen LogP contribution in [0.4, 0.5) is 5.69 Å². The van der Waals surface area contributed by atoms with Gasteiger partial charge in [-0.25, -0.2) is 18.1 Å². The van der Waals surface area contributed by atoms with E-state index in [0.717, 1.165) is 11.4 Å². The number of nitrogens with zero attached hydrogens (tertiary/aromatic N) is 1. The Morgan fingerprint density at radius 2 is 2.05 bits per heavy atom. The van der Waals surface area contributed by atoms with Gasteiger partial charge in [0.25, 0.3) is 0 Å². The number of imidazole rings is 1. The molecule has 20 heavy (non-hydrogen) atoms. The monoisotopic (exact) mass is 294 g/mol. The predicted octanol–water partition coefficient (Wildman–Crippen LogP) is 1.63.